The SMILES string of the molecule is CC(C)C(O)CNC1CCC(N)CC1. The van der Waals surface area contributed by atoms with Crippen molar-refractivity contribution in [1.29, 1.82) is 0 Å². The Balaban J connectivity index is 2.13. The van der Waals surface area contributed by atoms with E-state index in [1.54, 1.807) is 0 Å². The van der Waals surface area contributed by atoms with Gasteiger partial charge in [0.2, 0.25) is 0 Å². The minimum atomic E-state index is -0.217. The first-order valence-electron chi connectivity index (χ1n) is 5.76. The molecule has 1 aliphatic rings. The zero-order valence-corrected chi connectivity index (χ0v) is 9.37. The second-order valence-corrected chi connectivity index (χ2v) is 4.83. The predicted molar refractivity (Wildman–Crippen MR) is 59.1 cm³/mol. The van der Waals surface area contributed by atoms with Crippen LogP contribution in [-0.2, 0) is 0 Å². The van der Waals surface area contributed by atoms with E-state index in [4.69, 9.17) is 5.73 Å². The lowest BCUT2D eigenvalue weighted by Gasteiger charge is -2.28. The van der Waals surface area contributed by atoms with Gasteiger partial charge in [-0.2, -0.15) is 0 Å². The van der Waals surface area contributed by atoms with E-state index in [0.717, 1.165) is 32.2 Å². The van der Waals surface area contributed by atoms with Crippen molar-refractivity contribution >= 4 is 0 Å². The van der Waals surface area contributed by atoms with Crippen molar-refractivity contribution in [2.75, 3.05) is 6.54 Å². The Kier molecular flexibility index (Phi) is 4.85. The summed E-state index contributed by atoms with van der Waals surface area (Å²) in [6, 6.07) is 0.978. The second-order valence-electron chi connectivity index (χ2n) is 4.83. The van der Waals surface area contributed by atoms with Crippen LogP contribution in [0.15, 0.2) is 0 Å². The van der Waals surface area contributed by atoms with Crippen LogP contribution in [0, 0.1) is 5.92 Å². The standard InChI is InChI=1S/C11H24N2O/c1-8(2)11(14)7-13-10-5-3-9(12)4-6-10/h8-11,13-14H,3-7,12H2,1-2H3. The smallest absolute Gasteiger partial charge is 0.0687 e. The molecule has 1 fully saturated rings. The Morgan fingerprint density at radius 2 is 1.86 bits per heavy atom. The van der Waals surface area contributed by atoms with Crippen LogP contribution in [-0.4, -0.2) is 29.8 Å². The highest BCUT2D eigenvalue weighted by atomic mass is 16.3. The zero-order valence-electron chi connectivity index (χ0n) is 9.37. The topological polar surface area (TPSA) is 58.3 Å². The quantitative estimate of drug-likeness (QED) is 0.631. The molecule has 0 aliphatic heterocycles. The summed E-state index contributed by atoms with van der Waals surface area (Å²) in [7, 11) is 0. The van der Waals surface area contributed by atoms with Gasteiger partial charge < -0.3 is 16.2 Å². The van der Waals surface area contributed by atoms with Gasteiger partial charge in [0.25, 0.3) is 0 Å². The van der Waals surface area contributed by atoms with Crippen molar-refractivity contribution in [3.05, 3.63) is 0 Å². The molecule has 3 heteroatoms. The van der Waals surface area contributed by atoms with Gasteiger partial charge in [0.1, 0.15) is 0 Å². The molecule has 1 saturated carbocycles. The van der Waals surface area contributed by atoms with Crippen LogP contribution < -0.4 is 11.1 Å². The zero-order chi connectivity index (χ0) is 10.6. The highest BCUT2D eigenvalue weighted by Gasteiger charge is 2.19. The molecule has 4 N–H and O–H groups in total. The van der Waals surface area contributed by atoms with E-state index in [1.807, 2.05) is 13.8 Å². The summed E-state index contributed by atoms with van der Waals surface area (Å²) < 4.78 is 0. The van der Waals surface area contributed by atoms with E-state index in [-0.39, 0.29) is 6.10 Å². The van der Waals surface area contributed by atoms with E-state index in [9.17, 15) is 5.11 Å². The Morgan fingerprint density at radius 1 is 1.29 bits per heavy atom. The number of hydrogen-bond acceptors (Lipinski definition) is 3. The normalized spacial score (nSPS) is 30.6. The molecule has 0 spiro atoms. The van der Waals surface area contributed by atoms with E-state index in [2.05, 4.69) is 5.32 Å². The average molecular weight is 200 g/mol. The molecule has 0 aromatic heterocycles. The summed E-state index contributed by atoms with van der Waals surface area (Å²) in [5.41, 5.74) is 5.82. The van der Waals surface area contributed by atoms with Gasteiger partial charge in [-0.1, -0.05) is 13.8 Å². The largest absolute Gasteiger partial charge is 0.392 e. The maximum absolute atomic E-state index is 9.62. The minimum Gasteiger partial charge on any atom is -0.392 e. The summed E-state index contributed by atoms with van der Waals surface area (Å²) in [6.45, 7) is 4.81. The van der Waals surface area contributed by atoms with E-state index < -0.39 is 0 Å². The minimum absolute atomic E-state index is 0.217. The first kappa shape index (κ1) is 12.0. The van der Waals surface area contributed by atoms with Gasteiger partial charge in [-0.05, 0) is 31.6 Å². The lowest BCUT2D eigenvalue weighted by atomic mass is 9.91. The lowest BCUT2D eigenvalue weighted by Crippen LogP contribution is -2.41. The maximum Gasteiger partial charge on any atom is 0.0687 e. The fourth-order valence-corrected chi connectivity index (χ4v) is 1.85. The molecule has 0 amide bonds. The molecule has 3 nitrogen and oxygen atoms in total. The monoisotopic (exact) mass is 200 g/mol. The van der Waals surface area contributed by atoms with Crippen molar-refractivity contribution < 1.29 is 5.11 Å². The van der Waals surface area contributed by atoms with Gasteiger partial charge in [-0.3, -0.25) is 0 Å². The van der Waals surface area contributed by atoms with Crippen LogP contribution >= 0.6 is 0 Å². The van der Waals surface area contributed by atoms with Crippen LogP contribution in [0.1, 0.15) is 39.5 Å². The van der Waals surface area contributed by atoms with Gasteiger partial charge in [-0.15, -0.1) is 0 Å². The van der Waals surface area contributed by atoms with Crippen molar-refractivity contribution in [3.63, 3.8) is 0 Å². The molecule has 0 aromatic carbocycles. The third kappa shape index (κ3) is 3.95. The van der Waals surface area contributed by atoms with Crippen LogP contribution in [0.5, 0.6) is 0 Å². The average Bonchev–Trinajstić information content (AvgIpc) is 2.16. The van der Waals surface area contributed by atoms with Crippen LogP contribution in [0.4, 0.5) is 0 Å². The third-order valence-electron chi connectivity index (χ3n) is 3.16. The molecule has 1 unspecified atom stereocenters. The second kappa shape index (κ2) is 5.69. The Morgan fingerprint density at radius 3 is 2.36 bits per heavy atom. The third-order valence-corrected chi connectivity index (χ3v) is 3.16. The summed E-state index contributed by atoms with van der Waals surface area (Å²) in [5.74, 6) is 0.341. The molecule has 0 saturated heterocycles. The van der Waals surface area contributed by atoms with Crippen molar-refractivity contribution in [2.45, 2.75) is 57.7 Å². The van der Waals surface area contributed by atoms with Crippen molar-refractivity contribution in [2.24, 2.45) is 11.7 Å². The first-order chi connectivity index (χ1) is 6.59. The molecule has 14 heavy (non-hydrogen) atoms. The summed E-state index contributed by atoms with van der Waals surface area (Å²) >= 11 is 0. The highest BCUT2D eigenvalue weighted by molar-refractivity contribution is 4.79. The van der Waals surface area contributed by atoms with E-state index in [1.165, 1.54) is 0 Å². The van der Waals surface area contributed by atoms with Crippen molar-refractivity contribution in [3.8, 4) is 0 Å². The summed E-state index contributed by atoms with van der Waals surface area (Å²) in [6.07, 6.45) is 4.34. The molecule has 1 atom stereocenters. The number of nitrogens with two attached hydrogens (primary N) is 1. The number of aliphatic hydroxyl groups excluding tert-OH is 1. The molecule has 1 rings (SSSR count). The fraction of sp³-hybridized carbons (Fsp3) is 1.00. The molecule has 1 aliphatic carbocycles. The maximum atomic E-state index is 9.62. The molecular weight excluding hydrogens is 176 g/mol. The van der Waals surface area contributed by atoms with E-state index in [0.29, 0.717) is 18.0 Å². The molecular formula is C11H24N2O. The summed E-state index contributed by atoms with van der Waals surface area (Å²) in [4.78, 5) is 0. The van der Waals surface area contributed by atoms with Crippen LogP contribution in [0.2, 0.25) is 0 Å². The van der Waals surface area contributed by atoms with Crippen LogP contribution in [0.3, 0.4) is 0 Å². The number of aliphatic hydroxyl groups is 1. The van der Waals surface area contributed by atoms with Crippen LogP contribution in [0.25, 0.3) is 0 Å². The number of hydrogen-bond donors (Lipinski definition) is 3. The van der Waals surface area contributed by atoms with Gasteiger partial charge in [0, 0.05) is 18.6 Å². The molecule has 0 radical (unpaired) electrons. The summed E-state index contributed by atoms with van der Waals surface area (Å²) in [5, 5.41) is 13.0. The Bertz CT molecular complexity index is 153. The van der Waals surface area contributed by atoms with Gasteiger partial charge >= 0.3 is 0 Å². The first-order valence-corrected chi connectivity index (χ1v) is 5.76. The number of nitrogens with one attached hydrogen (secondary N) is 1. The highest BCUT2D eigenvalue weighted by Crippen LogP contribution is 2.16. The van der Waals surface area contributed by atoms with Gasteiger partial charge in [0.15, 0.2) is 0 Å². The predicted octanol–water partition coefficient (Wildman–Crippen LogP) is 0.863. The van der Waals surface area contributed by atoms with Gasteiger partial charge in [-0.25, -0.2) is 0 Å². The lowest BCUT2D eigenvalue weighted by molar-refractivity contribution is 0.117. The number of rotatable bonds is 4. The van der Waals surface area contributed by atoms with E-state index >= 15 is 0 Å². The van der Waals surface area contributed by atoms with Crippen molar-refractivity contribution in [1.82, 2.24) is 5.32 Å². The molecule has 84 valence electrons. The Labute approximate surface area is 87.1 Å². The molecule has 0 aromatic rings. The van der Waals surface area contributed by atoms with Gasteiger partial charge in [0.05, 0.1) is 6.10 Å². The Hall–Kier alpha value is -0.120. The molecule has 0 heterocycles. The fourth-order valence-electron chi connectivity index (χ4n) is 1.85. The molecule has 0 bridgehead atoms.